The Hall–Kier alpha value is -3.39. The van der Waals surface area contributed by atoms with E-state index in [0.29, 0.717) is 25.9 Å². The van der Waals surface area contributed by atoms with Gasteiger partial charge in [0.1, 0.15) is 6.61 Å². The molecule has 2 aliphatic carbocycles. The van der Waals surface area contributed by atoms with E-state index in [4.69, 9.17) is 9.47 Å². The van der Waals surface area contributed by atoms with Crippen molar-refractivity contribution in [1.82, 2.24) is 10.6 Å². The maximum atomic E-state index is 12.6. The van der Waals surface area contributed by atoms with Crippen molar-refractivity contribution in [1.29, 1.82) is 0 Å². The number of rotatable bonds is 7. The summed E-state index contributed by atoms with van der Waals surface area (Å²) in [6.07, 6.45) is 1.70. The van der Waals surface area contributed by atoms with E-state index >= 15 is 0 Å². The fraction of sp³-hybridized carbons (Fsp3) is 0.444. The van der Waals surface area contributed by atoms with E-state index < -0.39 is 24.2 Å². The Bertz CT molecular complexity index is 1070. The van der Waals surface area contributed by atoms with Gasteiger partial charge in [0, 0.05) is 25.0 Å². The molecule has 1 saturated heterocycles. The smallest absolute Gasteiger partial charge is 0.407 e. The fourth-order valence-electron chi connectivity index (χ4n) is 5.71. The van der Waals surface area contributed by atoms with Crippen molar-refractivity contribution >= 4 is 18.0 Å². The van der Waals surface area contributed by atoms with Crippen LogP contribution >= 0.6 is 0 Å². The topological polar surface area (TPSA) is 114 Å². The lowest BCUT2D eigenvalue weighted by atomic mass is 9.98. The number of hydrogen-bond donors (Lipinski definition) is 3. The van der Waals surface area contributed by atoms with E-state index in [0.717, 1.165) is 12.8 Å². The summed E-state index contributed by atoms with van der Waals surface area (Å²) in [6, 6.07) is 15.9. The molecule has 0 radical (unpaired) electrons. The van der Waals surface area contributed by atoms with Crippen molar-refractivity contribution in [3.8, 4) is 11.1 Å². The van der Waals surface area contributed by atoms with Gasteiger partial charge in [-0.2, -0.15) is 0 Å². The molecule has 1 heterocycles. The van der Waals surface area contributed by atoms with E-state index in [1.54, 1.807) is 0 Å². The molecule has 4 unspecified atom stereocenters. The Morgan fingerprint density at radius 1 is 0.943 bits per heavy atom. The minimum absolute atomic E-state index is 0.0161. The predicted octanol–water partition coefficient (Wildman–Crippen LogP) is 3.44. The van der Waals surface area contributed by atoms with Crippen LogP contribution in [-0.4, -0.2) is 54.5 Å². The van der Waals surface area contributed by atoms with E-state index in [9.17, 15) is 19.5 Å². The van der Waals surface area contributed by atoms with Crippen molar-refractivity contribution < 1.29 is 29.0 Å². The van der Waals surface area contributed by atoms with E-state index in [-0.39, 0.29) is 30.4 Å². The van der Waals surface area contributed by atoms with Gasteiger partial charge in [0.2, 0.25) is 5.91 Å². The zero-order valence-corrected chi connectivity index (χ0v) is 19.4. The first-order chi connectivity index (χ1) is 17.0. The van der Waals surface area contributed by atoms with Gasteiger partial charge < -0.3 is 25.2 Å². The highest BCUT2D eigenvalue weighted by molar-refractivity contribution is 5.80. The monoisotopic (exact) mass is 478 g/mol. The molecule has 3 N–H and O–H groups in total. The molecule has 2 aromatic carbocycles. The summed E-state index contributed by atoms with van der Waals surface area (Å²) < 4.78 is 10.8. The molecule has 8 heteroatoms. The highest BCUT2D eigenvalue weighted by Crippen LogP contribution is 2.44. The number of carbonyl (C=O) groups excluding carboxylic acids is 2. The molecule has 5 rings (SSSR count). The summed E-state index contributed by atoms with van der Waals surface area (Å²) in [7, 11) is 0. The Kier molecular flexibility index (Phi) is 6.72. The number of aliphatic carboxylic acids is 1. The van der Waals surface area contributed by atoms with Gasteiger partial charge in [0.15, 0.2) is 6.10 Å². The van der Waals surface area contributed by atoms with Crippen LogP contribution in [0.2, 0.25) is 0 Å². The average molecular weight is 479 g/mol. The number of carboxylic acids is 1. The highest BCUT2D eigenvalue weighted by Gasteiger charge is 2.36. The third-order valence-corrected chi connectivity index (χ3v) is 7.36. The predicted molar refractivity (Wildman–Crippen MR) is 128 cm³/mol. The van der Waals surface area contributed by atoms with Crippen LogP contribution in [0, 0.1) is 5.92 Å². The summed E-state index contributed by atoms with van der Waals surface area (Å²) in [5.41, 5.74) is 4.72. The Balaban J connectivity index is 1.09. The minimum atomic E-state index is -1.05. The van der Waals surface area contributed by atoms with Crippen LogP contribution in [0.3, 0.4) is 0 Å². The number of carboxylic acid groups (broad SMARTS) is 1. The van der Waals surface area contributed by atoms with Gasteiger partial charge in [-0.25, -0.2) is 9.59 Å². The molecule has 184 valence electrons. The van der Waals surface area contributed by atoms with Crippen molar-refractivity contribution in [2.75, 3.05) is 13.2 Å². The standard InChI is InChI=1S/C27H30N2O6/c30-24(29-23-11-12-34-25(23)26(31)32)14-16-9-10-17(13-16)28-27(33)35-15-22-20-7-3-1-5-18(20)19-6-2-4-8-21(19)22/h1-8,16-17,22-23,25H,9-15H2,(H,28,33)(H,29,30)(H,31,32). The number of fused-ring (bicyclic) bond motifs is 3. The van der Waals surface area contributed by atoms with Crippen molar-refractivity contribution in [3.63, 3.8) is 0 Å². The first kappa shape index (κ1) is 23.4. The van der Waals surface area contributed by atoms with Gasteiger partial charge in [-0.15, -0.1) is 0 Å². The van der Waals surface area contributed by atoms with Crippen LogP contribution in [0.4, 0.5) is 4.79 Å². The van der Waals surface area contributed by atoms with E-state index in [1.807, 2.05) is 24.3 Å². The number of benzene rings is 2. The number of amides is 2. The van der Waals surface area contributed by atoms with Gasteiger partial charge >= 0.3 is 12.1 Å². The molecule has 2 aromatic rings. The third kappa shape index (κ3) is 5.03. The lowest BCUT2D eigenvalue weighted by molar-refractivity contribution is -0.148. The zero-order valence-electron chi connectivity index (χ0n) is 19.4. The van der Waals surface area contributed by atoms with E-state index in [1.165, 1.54) is 22.3 Å². The third-order valence-electron chi connectivity index (χ3n) is 7.36. The van der Waals surface area contributed by atoms with Gasteiger partial charge in [-0.1, -0.05) is 48.5 Å². The summed E-state index contributed by atoms with van der Waals surface area (Å²) in [4.78, 5) is 36.2. The molecule has 0 aromatic heterocycles. The minimum Gasteiger partial charge on any atom is -0.479 e. The second-order valence-corrected chi connectivity index (χ2v) is 9.64. The normalized spacial score (nSPS) is 25.0. The van der Waals surface area contributed by atoms with Crippen molar-refractivity contribution in [2.24, 2.45) is 5.92 Å². The molecule has 35 heavy (non-hydrogen) atoms. The first-order valence-corrected chi connectivity index (χ1v) is 12.2. The number of carbonyl (C=O) groups is 3. The van der Waals surface area contributed by atoms with Crippen LogP contribution in [-0.2, 0) is 19.1 Å². The first-order valence-electron chi connectivity index (χ1n) is 12.2. The molecule has 2 amide bonds. The van der Waals surface area contributed by atoms with Gasteiger partial charge in [-0.3, -0.25) is 4.79 Å². The molecule has 8 nitrogen and oxygen atoms in total. The Morgan fingerprint density at radius 2 is 1.63 bits per heavy atom. The van der Waals surface area contributed by atoms with Crippen molar-refractivity contribution in [2.45, 2.75) is 56.2 Å². The second-order valence-electron chi connectivity index (χ2n) is 9.64. The summed E-state index contributed by atoms with van der Waals surface area (Å²) in [6.45, 7) is 0.601. The number of hydrogen-bond acceptors (Lipinski definition) is 5. The molecular formula is C27H30N2O6. The molecule has 3 aliphatic rings. The van der Waals surface area contributed by atoms with Crippen LogP contribution in [0.1, 0.15) is 49.1 Å². The molecule has 1 aliphatic heterocycles. The lowest BCUT2D eigenvalue weighted by Gasteiger charge is -2.18. The molecule has 1 saturated carbocycles. The van der Waals surface area contributed by atoms with Gasteiger partial charge in [-0.05, 0) is 53.9 Å². The number of nitrogens with one attached hydrogen (secondary N) is 2. The van der Waals surface area contributed by atoms with Crippen LogP contribution in [0.15, 0.2) is 48.5 Å². The number of alkyl carbamates (subject to hydrolysis) is 1. The maximum Gasteiger partial charge on any atom is 0.407 e. The molecule has 4 atom stereocenters. The Labute approximate surface area is 204 Å². The van der Waals surface area contributed by atoms with Crippen LogP contribution in [0.25, 0.3) is 11.1 Å². The molecular weight excluding hydrogens is 448 g/mol. The van der Waals surface area contributed by atoms with E-state index in [2.05, 4.69) is 34.9 Å². The van der Waals surface area contributed by atoms with Crippen molar-refractivity contribution in [3.05, 3.63) is 59.7 Å². The lowest BCUT2D eigenvalue weighted by Crippen LogP contribution is -2.44. The summed E-state index contributed by atoms with van der Waals surface area (Å²) in [5, 5.41) is 14.9. The molecule has 0 spiro atoms. The summed E-state index contributed by atoms with van der Waals surface area (Å²) in [5.74, 6) is -1.07. The SMILES string of the molecule is O=C(CC1CCC(NC(=O)OCC2c3ccccc3-c3ccccc32)C1)NC1CCOC1C(=O)O. The molecule has 2 fully saturated rings. The van der Waals surface area contributed by atoms with Gasteiger partial charge in [0.05, 0.1) is 6.04 Å². The average Bonchev–Trinajstić information content (AvgIpc) is 3.56. The van der Waals surface area contributed by atoms with Crippen LogP contribution < -0.4 is 10.6 Å². The molecule has 0 bridgehead atoms. The zero-order chi connectivity index (χ0) is 24.4. The quantitative estimate of drug-likeness (QED) is 0.562. The second kappa shape index (κ2) is 10.1. The highest BCUT2D eigenvalue weighted by atomic mass is 16.5. The van der Waals surface area contributed by atoms with Crippen LogP contribution in [0.5, 0.6) is 0 Å². The largest absolute Gasteiger partial charge is 0.479 e. The Morgan fingerprint density at radius 3 is 2.31 bits per heavy atom. The summed E-state index contributed by atoms with van der Waals surface area (Å²) >= 11 is 0. The maximum absolute atomic E-state index is 12.6. The van der Waals surface area contributed by atoms with Gasteiger partial charge in [0.25, 0.3) is 0 Å². The fourth-order valence-corrected chi connectivity index (χ4v) is 5.71. The number of ether oxygens (including phenoxy) is 2.